The maximum absolute atomic E-state index is 12.4. The van der Waals surface area contributed by atoms with Crippen LogP contribution in [0.1, 0.15) is 19.0 Å². The second kappa shape index (κ2) is 6.26. The molecule has 0 bridgehead atoms. The van der Waals surface area contributed by atoms with Gasteiger partial charge in [-0.25, -0.2) is 13.1 Å². The highest BCUT2D eigenvalue weighted by atomic mass is 32.2. The van der Waals surface area contributed by atoms with Crippen molar-refractivity contribution in [3.05, 3.63) is 18.0 Å². The predicted octanol–water partition coefficient (Wildman–Crippen LogP) is 0.210. The Kier molecular flexibility index (Phi) is 4.85. The molecule has 1 atom stereocenters. The molecule has 1 fully saturated rings. The molecule has 6 nitrogen and oxygen atoms in total. The first kappa shape index (κ1) is 15.5. The van der Waals surface area contributed by atoms with Crippen LogP contribution in [0.2, 0.25) is 0 Å². The maximum Gasteiger partial charge on any atom is 0.242 e. The summed E-state index contributed by atoms with van der Waals surface area (Å²) in [5.74, 6) is 0. The van der Waals surface area contributed by atoms with E-state index < -0.39 is 10.0 Å². The summed E-state index contributed by atoms with van der Waals surface area (Å²) >= 11 is 0. The van der Waals surface area contributed by atoms with Crippen LogP contribution in [0.5, 0.6) is 0 Å². The lowest BCUT2D eigenvalue weighted by molar-refractivity contribution is 0.407. The molecule has 2 heterocycles. The van der Waals surface area contributed by atoms with E-state index in [4.69, 9.17) is 0 Å². The molecule has 114 valence electrons. The Bertz CT molecular complexity index is 553. The third-order valence-corrected chi connectivity index (χ3v) is 5.17. The maximum atomic E-state index is 12.4. The van der Waals surface area contributed by atoms with Gasteiger partial charge in [0.25, 0.3) is 0 Å². The van der Waals surface area contributed by atoms with Crippen molar-refractivity contribution in [3.63, 3.8) is 0 Å². The number of aryl methyl sites for hydroxylation is 1. The zero-order chi connectivity index (χ0) is 14.8. The largest absolute Gasteiger partial charge is 0.349 e. The van der Waals surface area contributed by atoms with Gasteiger partial charge in [0.05, 0.1) is 4.90 Å². The van der Waals surface area contributed by atoms with Crippen LogP contribution in [0, 0.1) is 0 Å². The van der Waals surface area contributed by atoms with E-state index in [-0.39, 0.29) is 6.04 Å². The molecule has 2 N–H and O–H groups in total. The van der Waals surface area contributed by atoms with Crippen molar-refractivity contribution in [3.8, 4) is 0 Å². The van der Waals surface area contributed by atoms with Crippen LogP contribution in [-0.4, -0.2) is 51.1 Å². The van der Waals surface area contributed by atoms with Crippen molar-refractivity contribution in [1.29, 1.82) is 0 Å². The molecule has 1 saturated heterocycles. The third kappa shape index (κ3) is 3.41. The molecule has 0 radical (unpaired) electrons. The summed E-state index contributed by atoms with van der Waals surface area (Å²) in [4.78, 5) is 2.50. The Morgan fingerprint density at radius 1 is 1.45 bits per heavy atom. The minimum Gasteiger partial charge on any atom is -0.349 e. The van der Waals surface area contributed by atoms with E-state index in [2.05, 4.69) is 14.9 Å². The summed E-state index contributed by atoms with van der Waals surface area (Å²) < 4.78 is 29.6. The van der Waals surface area contributed by atoms with Crippen molar-refractivity contribution in [2.45, 2.75) is 37.4 Å². The van der Waals surface area contributed by atoms with Gasteiger partial charge in [0.15, 0.2) is 0 Å². The molecule has 0 aromatic carbocycles. The summed E-state index contributed by atoms with van der Waals surface area (Å²) in [5.41, 5.74) is 0.985. The molecule has 1 unspecified atom stereocenters. The summed E-state index contributed by atoms with van der Waals surface area (Å²) in [6, 6.07) is 1.77. The van der Waals surface area contributed by atoms with Gasteiger partial charge in [-0.15, -0.1) is 0 Å². The zero-order valence-electron chi connectivity index (χ0n) is 12.4. The quantitative estimate of drug-likeness (QED) is 0.788. The number of likely N-dealkylation sites (N-methyl/N-ethyl adjacent to an activating group) is 1. The van der Waals surface area contributed by atoms with Crippen molar-refractivity contribution in [2.24, 2.45) is 0 Å². The van der Waals surface area contributed by atoms with Gasteiger partial charge in [0.1, 0.15) is 0 Å². The minimum atomic E-state index is -3.42. The van der Waals surface area contributed by atoms with E-state index in [9.17, 15) is 8.42 Å². The Hall–Kier alpha value is -0.890. The molecule has 2 rings (SSSR count). The van der Waals surface area contributed by atoms with Crippen LogP contribution >= 0.6 is 0 Å². The fourth-order valence-corrected chi connectivity index (χ4v) is 3.94. The van der Waals surface area contributed by atoms with Gasteiger partial charge in [0.2, 0.25) is 10.0 Å². The molecule has 0 saturated carbocycles. The highest BCUT2D eigenvalue weighted by Crippen LogP contribution is 2.17. The van der Waals surface area contributed by atoms with Crippen molar-refractivity contribution < 1.29 is 8.42 Å². The number of nitrogens with one attached hydrogen (secondary N) is 2. The van der Waals surface area contributed by atoms with Crippen molar-refractivity contribution in [2.75, 3.05) is 27.2 Å². The van der Waals surface area contributed by atoms with E-state index in [1.807, 2.05) is 25.6 Å². The standard InChI is InChI=1S/C13H24N4O2S/c1-4-17-10-13(7-12(17)8-14-2)20(18,19)15-11-5-6-16(3)9-11/h7,10-11,14-15H,4-6,8-9H2,1-3H3. The van der Waals surface area contributed by atoms with Crippen LogP contribution in [-0.2, 0) is 23.1 Å². The van der Waals surface area contributed by atoms with Gasteiger partial charge < -0.3 is 14.8 Å². The number of aromatic nitrogens is 1. The average molecular weight is 300 g/mol. The molecule has 7 heteroatoms. The monoisotopic (exact) mass is 300 g/mol. The topological polar surface area (TPSA) is 66.4 Å². The van der Waals surface area contributed by atoms with Gasteiger partial charge in [-0.3, -0.25) is 0 Å². The Balaban J connectivity index is 2.16. The lowest BCUT2D eigenvalue weighted by atomic mass is 10.3. The van der Waals surface area contributed by atoms with Crippen LogP contribution in [0.15, 0.2) is 17.2 Å². The van der Waals surface area contributed by atoms with Gasteiger partial charge in [-0.2, -0.15) is 0 Å². The number of hydrogen-bond acceptors (Lipinski definition) is 4. The minimum absolute atomic E-state index is 0.0164. The Labute approximate surface area is 121 Å². The number of likely N-dealkylation sites (tertiary alicyclic amines) is 1. The molecule has 1 aromatic rings. The van der Waals surface area contributed by atoms with Crippen LogP contribution in [0.4, 0.5) is 0 Å². The van der Waals surface area contributed by atoms with E-state index in [0.717, 1.165) is 31.7 Å². The zero-order valence-corrected chi connectivity index (χ0v) is 13.2. The smallest absolute Gasteiger partial charge is 0.242 e. The number of sulfonamides is 1. The molecule has 0 aliphatic carbocycles. The number of nitrogens with zero attached hydrogens (tertiary/aromatic N) is 2. The molecule has 20 heavy (non-hydrogen) atoms. The van der Waals surface area contributed by atoms with E-state index in [0.29, 0.717) is 11.4 Å². The predicted molar refractivity (Wildman–Crippen MR) is 79.1 cm³/mol. The summed E-state index contributed by atoms with van der Waals surface area (Å²) in [7, 11) is 0.439. The highest BCUT2D eigenvalue weighted by molar-refractivity contribution is 7.89. The second-order valence-electron chi connectivity index (χ2n) is 5.35. The summed E-state index contributed by atoms with van der Waals surface area (Å²) in [6.45, 7) is 5.15. The van der Waals surface area contributed by atoms with Crippen LogP contribution in [0.3, 0.4) is 0 Å². The summed E-state index contributed by atoms with van der Waals surface area (Å²) in [5, 5.41) is 3.06. The van der Waals surface area contributed by atoms with Crippen molar-refractivity contribution in [1.82, 2.24) is 19.5 Å². The molecule has 1 aliphatic rings. The Morgan fingerprint density at radius 3 is 2.75 bits per heavy atom. The lowest BCUT2D eigenvalue weighted by Gasteiger charge is -2.12. The van der Waals surface area contributed by atoms with Gasteiger partial charge >= 0.3 is 0 Å². The Morgan fingerprint density at radius 2 is 2.20 bits per heavy atom. The molecule has 0 amide bonds. The fraction of sp³-hybridized carbons (Fsp3) is 0.692. The fourth-order valence-electron chi connectivity index (χ4n) is 2.61. The third-order valence-electron chi connectivity index (χ3n) is 3.68. The highest BCUT2D eigenvalue weighted by Gasteiger charge is 2.26. The first-order valence-electron chi connectivity index (χ1n) is 7.00. The normalized spacial score (nSPS) is 20.6. The average Bonchev–Trinajstić information content (AvgIpc) is 2.96. The van der Waals surface area contributed by atoms with E-state index in [1.54, 1.807) is 12.3 Å². The first-order valence-corrected chi connectivity index (χ1v) is 8.49. The summed E-state index contributed by atoms with van der Waals surface area (Å²) in [6.07, 6.45) is 2.58. The first-order chi connectivity index (χ1) is 9.46. The van der Waals surface area contributed by atoms with Crippen molar-refractivity contribution >= 4 is 10.0 Å². The molecular formula is C13H24N4O2S. The molecule has 1 aromatic heterocycles. The van der Waals surface area contributed by atoms with Gasteiger partial charge in [-0.05, 0) is 40.1 Å². The van der Waals surface area contributed by atoms with Crippen LogP contribution in [0.25, 0.3) is 0 Å². The number of rotatable bonds is 6. The SMILES string of the molecule is CCn1cc(S(=O)(=O)NC2CCN(C)C2)cc1CNC. The molecule has 1 aliphatic heterocycles. The van der Waals surface area contributed by atoms with E-state index >= 15 is 0 Å². The van der Waals surface area contributed by atoms with Gasteiger partial charge in [0, 0.05) is 37.6 Å². The lowest BCUT2D eigenvalue weighted by Crippen LogP contribution is -2.36. The van der Waals surface area contributed by atoms with E-state index in [1.165, 1.54) is 0 Å². The number of hydrogen-bond donors (Lipinski definition) is 2. The van der Waals surface area contributed by atoms with Gasteiger partial charge in [-0.1, -0.05) is 0 Å². The molecular weight excluding hydrogens is 276 g/mol. The molecule has 0 spiro atoms. The van der Waals surface area contributed by atoms with Crippen LogP contribution < -0.4 is 10.0 Å². The second-order valence-corrected chi connectivity index (χ2v) is 7.07.